The molecule has 86 valence electrons. The van der Waals surface area contributed by atoms with Crippen molar-refractivity contribution in [3.05, 3.63) is 33.3 Å². The normalized spacial score (nSPS) is 9.88. The van der Waals surface area contributed by atoms with Crippen molar-refractivity contribution in [2.75, 3.05) is 12.9 Å². The topological polar surface area (TPSA) is 69.4 Å². The minimum Gasteiger partial charge on any atom is -0.468 e. The number of hydrogen-bond donors (Lipinski definition) is 0. The molecule has 0 aliphatic rings. The number of nitro benzene ring substituents is 1. The highest BCUT2D eigenvalue weighted by Crippen LogP contribution is 2.30. The van der Waals surface area contributed by atoms with E-state index < -0.39 is 4.92 Å². The van der Waals surface area contributed by atoms with Crippen LogP contribution in [0.1, 0.15) is 0 Å². The molecule has 5 nitrogen and oxygen atoms in total. The van der Waals surface area contributed by atoms with Crippen molar-refractivity contribution in [2.45, 2.75) is 4.90 Å². The summed E-state index contributed by atoms with van der Waals surface area (Å²) in [6.07, 6.45) is 0. The number of hydrogen-bond acceptors (Lipinski definition) is 5. The molecule has 0 saturated carbocycles. The molecule has 0 bridgehead atoms. The average molecular weight is 262 g/mol. The maximum atomic E-state index is 10.9. The van der Waals surface area contributed by atoms with Crippen molar-refractivity contribution in [1.29, 1.82) is 0 Å². The van der Waals surface area contributed by atoms with Gasteiger partial charge in [0.2, 0.25) is 0 Å². The molecule has 0 N–H and O–H groups in total. The van der Waals surface area contributed by atoms with E-state index in [0.29, 0.717) is 4.90 Å². The van der Waals surface area contributed by atoms with Gasteiger partial charge in [0.05, 0.1) is 22.8 Å². The van der Waals surface area contributed by atoms with Crippen LogP contribution in [0.3, 0.4) is 0 Å². The van der Waals surface area contributed by atoms with Crippen LogP contribution in [0, 0.1) is 10.1 Å². The van der Waals surface area contributed by atoms with Crippen LogP contribution in [-0.2, 0) is 9.53 Å². The highest BCUT2D eigenvalue weighted by atomic mass is 35.5. The number of carbonyl (C=O) groups is 1. The summed E-state index contributed by atoms with van der Waals surface area (Å²) >= 11 is 6.99. The van der Waals surface area contributed by atoms with Crippen LogP contribution < -0.4 is 0 Å². The number of nitrogens with zero attached hydrogens (tertiary/aromatic N) is 1. The second-order valence-corrected chi connectivity index (χ2v) is 4.16. The first-order valence-corrected chi connectivity index (χ1v) is 5.54. The summed E-state index contributed by atoms with van der Waals surface area (Å²) < 4.78 is 4.46. The molecule has 1 rings (SSSR count). The molecule has 7 heteroatoms. The first-order valence-electron chi connectivity index (χ1n) is 4.18. The highest BCUT2D eigenvalue weighted by Gasteiger charge is 2.11. The second-order valence-electron chi connectivity index (χ2n) is 2.74. The third kappa shape index (κ3) is 3.39. The van der Waals surface area contributed by atoms with Gasteiger partial charge in [-0.25, -0.2) is 0 Å². The van der Waals surface area contributed by atoms with Crippen LogP contribution in [0.5, 0.6) is 0 Å². The number of non-ortho nitro benzene ring substituents is 1. The van der Waals surface area contributed by atoms with E-state index in [4.69, 9.17) is 11.6 Å². The predicted octanol–water partition coefficient (Wildman–Crippen LogP) is 2.51. The lowest BCUT2D eigenvalue weighted by molar-refractivity contribution is -0.384. The Morgan fingerprint density at radius 3 is 2.81 bits per heavy atom. The van der Waals surface area contributed by atoms with Crippen LogP contribution in [0.15, 0.2) is 23.1 Å². The maximum absolute atomic E-state index is 10.9. The van der Waals surface area contributed by atoms with Crippen LogP contribution in [0.4, 0.5) is 5.69 Å². The summed E-state index contributed by atoms with van der Waals surface area (Å²) in [7, 11) is 1.29. The molecule has 0 aliphatic carbocycles. The molecular weight excluding hydrogens is 254 g/mol. The maximum Gasteiger partial charge on any atom is 0.315 e. The van der Waals surface area contributed by atoms with Crippen molar-refractivity contribution < 1.29 is 14.5 Å². The van der Waals surface area contributed by atoms with Gasteiger partial charge in [-0.2, -0.15) is 0 Å². The zero-order valence-electron chi connectivity index (χ0n) is 8.31. The summed E-state index contributed by atoms with van der Waals surface area (Å²) in [6.45, 7) is 0. The molecule has 0 radical (unpaired) electrons. The number of thioether (sulfide) groups is 1. The molecule has 16 heavy (non-hydrogen) atoms. The number of carbonyl (C=O) groups excluding carboxylic acids is 1. The van der Waals surface area contributed by atoms with Gasteiger partial charge in [0, 0.05) is 17.0 Å². The van der Waals surface area contributed by atoms with Crippen molar-refractivity contribution >= 4 is 35.0 Å². The predicted molar refractivity (Wildman–Crippen MR) is 60.8 cm³/mol. The van der Waals surface area contributed by atoms with Gasteiger partial charge in [0.25, 0.3) is 5.69 Å². The molecule has 0 heterocycles. The van der Waals surface area contributed by atoms with E-state index >= 15 is 0 Å². The van der Waals surface area contributed by atoms with Gasteiger partial charge < -0.3 is 4.74 Å². The Bertz CT molecular complexity index is 424. The Hall–Kier alpha value is -1.27. The van der Waals surface area contributed by atoms with Gasteiger partial charge in [-0.1, -0.05) is 11.6 Å². The smallest absolute Gasteiger partial charge is 0.315 e. The Kier molecular flexibility index (Phi) is 4.57. The van der Waals surface area contributed by atoms with Crippen LogP contribution in [-0.4, -0.2) is 23.8 Å². The average Bonchev–Trinajstić information content (AvgIpc) is 2.26. The van der Waals surface area contributed by atoms with Crippen molar-refractivity contribution in [3.8, 4) is 0 Å². The summed E-state index contributed by atoms with van der Waals surface area (Å²) in [6, 6.07) is 4.10. The Morgan fingerprint density at radius 2 is 2.31 bits per heavy atom. The monoisotopic (exact) mass is 261 g/mol. The summed E-state index contributed by atoms with van der Waals surface area (Å²) in [5, 5.41) is 10.7. The van der Waals surface area contributed by atoms with E-state index in [1.54, 1.807) is 0 Å². The van der Waals surface area contributed by atoms with E-state index in [-0.39, 0.29) is 22.4 Å². The molecule has 0 aromatic heterocycles. The minimum atomic E-state index is -0.527. The SMILES string of the molecule is COC(=O)CSc1ccc([N+](=O)[O-])cc1Cl. The van der Waals surface area contributed by atoms with E-state index in [2.05, 4.69) is 4.74 Å². The summed E-state index contributed by atoms with van der Waals surface area (Å²) in [5.41, 5.74) is -0.0765. The van der Waals surface area contributed by atoms with Crippen LogP contribution in [0.2, 0.25) is 5.02 Å². The fourth-order valence-corrected chi connectivity index (χ4v) is 2.01. The lowest BCUT2D eigenvalue weighted by Crippen LogP contribution is -2.02. The van der Waals surface area contributed by atoms with E-state index in [0.717, 1.165) is 0 Å². The lowest BCUT2D eigenvalue weighted by atomic mass is 10.3. The molecule has 0 atom stereocenters. The molecule has 1 aromatic rings. The minimum absolute atomic E-state index is 0.0765. The zero-order chi connectivity index (χ0) is 12.1. The van der Waals surface area contributed by atoms with Crippen LogP contribution in [0.25, 0.3) is 0 Å². The standard InChI is InChI=1S/C9H8ClNO4S/c1-15-9(12)5-16-8-3-2-6(11(13)14)4-7(8)10/h2-4H,5H2,1H3. The fraction of sp³-hybridized carbons (Fsp3) is 0.222. The molecule has 0 saturated heterocycles. The molecule has 0 spiro atoms. The molecule has 0 aliphatic heterocycles. The molecule has 0 unspecified atom stereocenters. The number of benzene rings is 1. The van der Waals surface area contributed by atoms with E-state index in [9.17, 15) is 14.9 Å². The van der Waals surface area contributed by atoms with Gasteiger partial charge in [0.1, 0.15) is 0 Å². The Morgan fingerprint density at radius 1 is 1.62 bits per heavy atom. The second kappa shape index (κ2) is 5.72. The fourth-order valence-electron chi connectivity index (χ4n) is 0.916. The Labute approximate surface area is 101 Å². The first kappa shape index (κ1) is 12.8. The quantitative estimate of drug-likeness (QED) is 0.360. The Balaban J connectivity index is 2.75. The molecule has 0 amide bonds. The van der Waals surface area contributed by atoms with E-state index in [1.807, 2.05) is 0 Å². The van der Waals surface area contributed by atoms with Crippen molar-refractivity contribution in [2.24, 2.45) is 0 Å². The number of esters is 1. The molecule has 0 fully saturated rings. The molecular formula is C9H8ClNO4S. The van der Waals surface area contributed by atoms with Gasteiger partial charge in [0.15, 0.2) is 0 Å². The van der Waals surface area contributed by atoms with Gasteiger partial charge >= 0.3 is 5.97 Å². The number of methoxy groups -OCH3 is 1. The number of ether oxygens (including phenoxy) is 1. The van der Waals surface area contributed by atoms with E-state index in [1.165, 1.54) is 37.1 Å². The largest absolute Gasteiger partial charge is 0.468 e. The summed E-state index contributed by atoms with van der Waals surface area (Å²) in [4.78, 5) is 21.4. The van der Waals surface area contributed by atoms with Gasteiger partial charge in [-0.3, -0.25) is 14.9 Å². The van der Waals surface area contributed by atoms with Crippen LogP contribution >= 0.6 is 23.4 Å². The van der Waals surface area contributed by atoms with Gasteiger partial charge in [-0.15, -0.1) is 11.8 Å². The van der Waals surface area contributed by atoms with Crippen molar-refractivity contribution in [3.63, 3.8) is 0 Å². The third-order valence-corrected chi connectivity index (χ3v) is 3.17. The summed E-state index contributed by atoms with van der Waals surface area (Å²) in [5.74, 6) is -0.256. The number of rotatable bonds is 4. The first-order chi connectivity index (χ1) is 7.54. The number of halogens is 1. The number of nitro groups is 1. The zero-order valence-corrected chi connectivity index (χ0v) is 9.88. The van der Waals surface area contributed by atoms with Crippen molar-refractivity contribution in [1.82, 2.24) is 0 Å². The third-order valence-electron chi connectivity index (χ3n) is 1.70. The molecule has 1 aromatic carbocycles. The van der Waals surface area contributed by atoms with Gasteiger partial charge in [-0.05, 0) is 6.07 Å². The highest BCUT2D eigenvalue weighted by molar-refractivity contribution is 8.00. The lowest BCUT2D eigenvalue weighted by Gasteiger charge is -2.02.